The highest BCUT2D eigenvalue weighted by Crippen LogP contribution is 2.42. The zero-order valence-electron chi connectivity index (χ0n) is 10.2. The van der Waals surface area contributed by atoms with Crippen LogP contribution >= 0.6 is 11.8 Å². The van der Waals surface area contributed by atoms with Crippen LogP contribution in [0.5, 0.6) is 0 Å². The Morgan fingerprint density at radius 3 is 2.62 bits per heavy atom. The van der Waals surface area contributed by atoms with E-state index in [9.17, 15) is 0 Å². The van der Waals surface area contributed by atoms with Gasteiger partial charge < -0.3 is 5.32 Å². The summed E-state index contributed by atoms with van der Waals surface area (Å²) in [5, 5.41) is 4.80. The van der Waals surface area contributed by atoms with Crippen LogP contribution in [-0.2, 0) is 0 Å². The van der Waals surface area contributed by atoms with E-state index in [0.29, 0.717) is 5.41 Å². The zero-order chi connectivity index (χ0) is 11.0. The number of hydrogen-bond acceptors (Lipinski definition) is 3. The fourth-order valence-electron chi connectivity index (χ4n) is 2.93. The van der Waals surface area contributed by atoms with Gasteiger partial charge >= 0.3 is 0 Å². The molecule has 2 fully saturated rings. The van der Waals surface area contributed by atoms with E-state index in [-0.39, 0.29) is 0 Å². The summed E-state index contributed by atoms with van der Waals surface area (Å²) in [6.07, 6.45) is 8.47. The van der Waals surface area contributed by atoms with Gasteiger partial charge in [0.05, 0.1) is 0 Å². The summed E-state index contributed by atoms with van der Waals surface area (Å²) < 4.78 is 0. The van der Waals surface area contributed by atoms with Crippen LogP contribution in [0.1, 0.15) is 45.4 Å². The fourth-order valence-corrected chi connectivity index (χ4v) is 4.14. The second kappa shape index (κ2) is 4.25. The Bertz CT molecular complexity index is 294. The molecule has 0 saturated heterocycles. The van der Waals surface area contributed by atoms with E-state index in [1.54, 1.807) is 0 Å². The normalized spacial score (nSPS) is 36.9. The maximum atomic E-state index is 4.79. The lowest BCUT2D eigenvalue weighted by Gasteiger charge is -2.38. The summed E-state index contributed by atoms with van der Waals surface area (Å²) in [6, 6.07) is 0.728. The lowest BCUT2D eigenvalue weighted by Crippen LogP contribution is -2.37. The molecule has 90 valence electrons. The van der Waals surface area contributed by atoms with E-state index >= 15 is 0 Å². The summed E-state index contributed by atoms with van der Waals surface area (Å²) >= 11 is 1.98. The molecule has 2 atom stereocenters. The first-order valence-electron chi connectivity index (χ1n) is 6.71. The maximum Gasteiger partial charge on any atom is 0.156 e. The van der Waals surface area contributed by atoms with Crippen molar-refractivity contribution in [2.75, 3.05) is 12.3 Å². The number of aliphatic imine (C=N–C) groups is 1. The van der Waals surface area contributed by atoms with Gasteiger partial charge in [-0.1, -0.05) is 37.9 Å². The second-order valence-electron chi connectivity index (χ2n) is 5.93. The SMILES string of the molecule is CC1CC1NC1=NCC2(CCCCC2)CS1. The fraction of sp³-hybridized carbons (Fsp3) is 0.923. The van der Waals surface area contributed by atoms with Crippen molar-refractivity contribution in [2.45, 2.75) is 51.5 Å². The third-order valence-corrected chi connectivity index (χ3v) is 5.68. The molecule has 1 aliphatic heterocycles. The van der Waals surface area contributed by atoms with Gasteiger partial charge in [0.25, 0.3) is 0 Å². The average molecular weight is 238 g/mol. The Morgan fingerprint density at radius 1 is 1.31 bits per heavy atom. The van der Waals surface area contributed by atoms with E-state index in [1.165, 1.54) is 49.4 Å². The van der Waals surface area contributed by atoms with Gasteiger partial charge in [0.15, 0.2) is 5.17 Å². The van der Waals surface area contributed by atoms with Gasteiger partial charge in [-0.25, -0.2) is 0 Å². The average Bonchev–Trinajstić information content (AvgIpc) is 3.00. The van der Waals surface area contributed by atoms with Crippen LogP contribution in [0.25, 0.3) is 0 Å². The summed E-state index contributed by atoms with van der Waals surface area (Å²) in [7, 11) is 0. The van der Waals surface area contributed by atoms with Crippen LogP contribution in [-0.4, -0.2) is 23.5 Å². The Hall–Kier alpha value is -0.180. The summed E-state index contributed by atoms with van der Waals surface area (Å²) in [6.45, 7) is 3.40. The van der Waals surface area contributed by atoms with E-state index in [1.807, 2.05) is 11.8 Å². The van der Waals surface area contributed by atoms with Crippen LogP contribution in [0.2, 0.25) is 0 Å². The molecular formula is C13H22N2S. The van der Waals surface area contributed by atoms with E-state index in [2.05, 4.69) is 12.2 Å². The monoisotopic (exact) mass is 238 g/mol. The van der Waals surface area contributed by atoms with Gasteiger partial charge in [0.1, 0.15) is 0 Å². The van der Waals surface area contributed by atoms with Crippen LogP contribution < -0.4 is 5.32 Å². The lowest BCUT2D eigenvalue weighted by atomic mass is 9.75. The Morgan fingerprint density at radius 2 is 2.06 bits per heavy atom. The van der Waals surface area contributed by atoms with Gasteiger partial charge in [-0.05, 0) is 30.6 Å². The Kier molecular flexibility index (Phi) is 2.90. The molecule has 0 aromatic heterocycles. The number of nitrogens with zero attached hydrogens (tertiary/aromatic N) is 1. The Balaban J connectivity index is 1.56. The van der Waals surface area contributed by atoms with Crippen molar-refractivity contribution in [1.29, 1.82) is 0 Å². The van der Waals surface area contributed by atoms with Crippen LogP contribution in [0.4, 0.5) is 0 Å². The minimum absolute atomic E-state index is 0.573. The highest BCUT2D eigenvalue weighted by molar-refractivity contribution is 8.13. The molecule has 2 nitrogen and oxygen atoms in total. The number of hydrogen-bond donors (Lipinski definition) is 1. The quantitative estimate of drug-likeness (QED) is 0.759. The Labute approximate surface area is 103 Å². The first-order chi connectivity index (χ1) is 7.77. The van der Waals surface area contributed by atoms with Crippen molar-refractivity contribution in [3.63, 3.8) is 0 Å². The summed E-state index contributed by atoms with van der Waals surface area (Å²) in [4.78, 5) is 4.79. The molecule has 2 unspecified atom stereocenters. The highest BCUT2D eigenvalue weighted by Gasteiger charge is 2.37. The molecule has 0 aromatic carbocycles. The predicted octanol–water partition coefficient (Wildman–Crippen LogP) is 3.04. The molecule has 0 radical (unpaired) electrons. The molecule has 3 rings (SSSR count). The van der Waals surface area contributed by atoms with Gasteiger partial charge in [0, 0.05) is 18.3 Å². The summed E-state index contributed by atoms with van der Waals surface area (Å²) in [5.74, 6) is 2.17. The summed E-state index contributed by atoms with van der Waals surface area (Å²) in [5.41, 5.74) is 0.573. The third kappa shape index (κ3) is 2.24. The number of rotatable bonds is 1. The van der Waals surface area contributed by atoms with Crippen molar-refractivity contribution < 1.29 is 0 Å². The molecule has 1 heterocycles. The van der Waals surface area contributed by atoms with Crippen LogP contribution in [0.15, 0.2) is 4.99 Å². The molecule has 1 spiro atoms. The van der Waals surface area contributed by atoms with E-state index < -0.39 is 0 Å². The van der Waals surface area contributed by atoms with Gasteiger partial charge in [-0.15, -0.1) is 0 Å². The molecular weight excluding hydrogens is 216 g/mol. The number of thioether (sulfide) groups is 1. The molecule has 2 saturated carbocycles. The molecule has 1 N–H and O–H groups in total. The molecule has 2 aliphatic carbocycles. The highest BCUT2D eigenvalue weighted by atomic mass is 32.2. The van der Waals surface area contributed by atoms with Crippen molar-refractivity contribution >= 4 is 16.9 Å². The number of nitrogens with one attached hydrogen (secondary N) is 1. The van der Waals surface area contributed by atoms with Gasteiger partial charge in [-0.2, -0.15) is 0 Å². The minimum atomic E-state index is 0.573. The molecule has 0 aromatic rings. The van der Waals surface area contributed by atoms with Gasteiger partial charge in [0.2, 0.25) is 0 Å². The van der Waals surface area contributed by atoms with Crippen molar-refractivity contribution in [1.82, 2.24) is 5.32 Å². The standard InChI is InChI=1S/C13H22N2S/c1-10-7-11(10)15-12-14-8-13(9-16-12)5-3-2-4-6-13/h10-11H,2-9H2,1H3,(H,14,15). The first-order valence-corrected chi connectivity index (χ1v) is 7.70. The second-order valence-corrected chi connectivity index (χ2v) is 6.90. The smallest absolute Gasteiger partial charge is 0.156 e. The van der Waals surface area contributed by atoms with Crippen molar-refractivity contribution in [2.24, 2.45) is 16.3 Å². The topological polar surface area (TPSA) is 24.4 Å². The minimum Gasteiger partial charge on any atom is -0.362 e. The van der Waals surface area contributed by atoms with Crippen molar-refractivity contribution in [3.05, 3.63) is 0 Å². The molecule has 16 heavy (non-hydrogen) atoms. The van der Waals surface area contributed by atoms with Crippen LogP contribution in [0.3, 0.4) is 0 Å². The van der Waals surface area contributed by atoms with E-state index in [4.69, 9.17) is 4.99 Å². The molecule has 0 amide bonds. The van der Waals surface area contributed by atoms with Crippen LogP contribution in [0, 0.1) is 11.3 Å². The largest absolute Gasteiger partial charge is 0.362 e. The molecule has 0 bridgehead atoms. The third-order valence-electron chi connectivity index (χ3n) is 4.41. The number of amidine groups is 1. The predicted molar refractivity (Wildman–Crippen MR) is 71.0 cm³/mol. The van der Waals surface area contributed by atoms with Gasteiger partial charge in [-0.3, -0.25) is 4.99 Å². The lowest BCUT2D eigenvalue weighted by molar-refractivity contribution is 0.232. The molecule has 3 aliphatic rings. The molecule has 3 heteroatoms. The van der Waals surface area contributed by atoms with Crippen molar-refractivity contribution in [3.8, 4) is 0 Å². The van der Waals surface area contributed by atoms with E-state index in [0.717, 1.165) is 18.5 Å². The zero-order valence-corrected chi connectivity index (χ0v) is 11.0. The maximum absolute atomic E-state index is 4.79. The first kappa shape index (κ1) is 10.9.